The van der Waals surface area contributed by atoms with Crippen molar-refractivity contribution in [1.82, 2.24) is 9.55 Å². The van der Waals surface area contributed by atoms with Crippen LogP contribution in [0.2, 0.25) is 10.0 Å². The number of rotatable bonds is 3. The molecule has 1 aromatic carbocycles. The second kappa shape index (κ2) is 6.60. The molecule has 2 rings (SSSR count). The van der Waals surface area contributed by atoms with Crippen molar-refractivity contribution in [2.75, 3.05) is 5.32 Å². The van der Waals surface area contributed by atoms with E-state index in [0.717, 1.165) is 0 Å². The second-order valence-corrected chi connectivity index (χ2v) is 6.01. The maximum absolute atomic E-state index is 11.1. The van der Waals surface area contributed by atoms with E-state index in [1.807, 2.05) is 13.8 Å². The van der Waals surface area contributed by atoms with E-state index in [9.17, 15) is 10.1 Å². The van der Waals surface area contributed by atoms with Gasteiger partial charge in [-0.3, -0.25) is 0 Å². The molecule has 0 saturated heterocycles. The fourth-order valence-corrected chi connectivity index (χ4v) is 2.62. The highest BCUT2D eigenvalue weighted by Crippen LogP contribution is 2.27. The summed E-state index contributed by atoms with van der Waals surface area (Å²) in [6.45, 7) is 3.75. The first kappa shape index (κ1) is 16.7. The van der Waals surface area contributed by atoms with Crippen LogP contribution in [0.4, 0.5) is 11.5 Å². The number of thiocarbonyl (C=S) groups is 1. The normalized spacial score (nSPS) is 10.8. The number of nitrogens with zero attached hydrogens (tertiary/aromatic N) is 3. The van der Waals surface area contributed by atoms with E-state index in [2.05, 4.69) is 10.3 Å². The van der Waals surface area contributed by atoms with Crippen LogP contribution in [0.15, 0.2) is 24.4 Å². The molecule has 0 amide bonds. The summed E-state index contributed by atoms with van der Waals surface area (Å²) in [4.78, 5) is 14.7. The highest BCUT2D eigenvalue weighted by atomic mass is 35.5. The number of imidazole rings is 1. The van der Waals surface area contributed by atoms with Gasteiger partial charge < -0.3 is 15.4 Å². The summed E-state index contributed by atoms with van der Waals surface area (Å²) in [7, 11) is 0. The largest absolute Gasteiger partial charge is 0.358 e. The Hall–Kier alpha value is -1.70. The van der Waals surface area contributed by atoms with Crippen molar-refractivity contribution in [3.05, 3.63) is 50.4 Å². The zero-order valence-electron chi connectivity index (χ0n) is 11.7. The predicted molar refractivity (Wildman–Crippen MR) is 91.1 cm³/mol. The molecule has 0 unspecified atom stereocenters. The molecule has 0 spiro atoms. The summed E-state index contributed by atoms with van der Waals surface area (Å²) in [5.74, 6) is 0.259. The lowest BCUT2D eigenvalue weighted by molar-refractivity contribution is -0.390. The van der Waals surface area contributed by atoms with Crippen molar-refractivity contribution in [3.63, 3.8) is 0 Å². The van der Waals surface area contributed by atoms with Crippen LogP contribution in [-0.2, 0) is 0 Å². The molecule has 22 heavy (non-hydrogen) atoms. The number of nitrogens with one attached hydrogen (secondary N) is 1. The third kappa shape index (κ3) is 3.37. The molecule has 0 fully saturated rings. The Morgan fingerprint density at radius 2 is 2.14 bits per heavy atom. The van der Waals surface area contributed by atoms with E-state index in [-0.39, 0.29) is 16.8 Å². The van der Waals surface area contributed by atoms with Crippen LogP contribution >= 0.6 is 35.4 Å². The van der Waals surface area contributed by atoms with Crippen LogP contribution in [0.25, 0.3) is 0 Å². The number of hydrogen-bond acceptors (Lipinski definition) is 4. The van der Waals surface area contributed by atoms with Crippen LogP contribution in [-0.4, -0.2) is 19.6 Å². The van der Waals surface area contributed by atoms with Gasteiger partial charge in [-0.15, -0.1) is 4.57 Å². The fraction of sp³-hybridized carbons (Fsp3) is 0.231. The van der Waals surface area contributed by atoms with Gasteiger partial charge in [-0.25, -0.2) is 4.98 Å². The third-order valence-corrected chi connectivity index (χ3v) is 3.68. The average Bonchev–Trinajstić information content (AvgIpc) is 2.87. The molecule has 1 heterocycles. The first-order valence-corrected chi connectivity index (χ1v) is 7.46. The second-order valence-electron chi connectivity index (χ2n) is 4.78. The van der Waals surface area contributed by atoms with E-state index in [4.69, 9.17) is 35.4 Å². The van der Waals surface area contributed by atoms with Gasteiger partial charge in [0.15, 0.2) is 0 Å². The molecule has 0 bridgehead atoms. The van der Waals surface area contributed by atoms with E-state index < -0.39 is 4.92 Å². The molecule has 1 aromatic heterocycles. The van der Waals surface area contributed by atoms with Gasteiger partial charge in [0.25, 0.3) is 5.11 Å². The monoisotopic (exact) mass is 358 g/mol. The maximum atomic E-state index is 11.1. The topological polar surface area (TPSA) is 73.0 Å². The van der Waals surface area contributed by atoms with Crippen LogP contribution in [0.1, 0.15) is 25.6 Å². The smallest absolute Gasteiger partial charge is 0.349 e. The Balaban J connectivity index is 2.40. The van der Waals surface area contributed by atoms with E-state index in [0.29, 0.717) is 21.6 Å². The van der Waals surface area contributed by atoms with Crippen LogP contribution < -0.4 is 5.32 Å². The van der Waals surface area contributed by atoms with Gasteiger partial charge >= 0.3 is 5.82 Å². The van der Waals surface area contributed by atoms with E-state index in [1.165, 1.54) is 10.8 Å². The summed E-state index contributed by atoms with van der Waals surface area (Å²) in [6.07, 6.45) is 1.19. The molecule has 0 radical (unpaired) electrons. The van der Waals surface area contributed by atoms with Gasteiger partial charge in [-0.1, -0.05) is 37.0 Å². The number of aromatic nitrogens is 2. The number of anilines is 1. The quantitative estimate of drug-likeness (QED) is 0.497. The Kier molecular flexibility index (Phi) is 5.00. The number of hydrogen-bond donors (Lipinski definition) is 1. The number of nitro groups is 1. The lowest BCUT2D eigenvalue weighted by Gasteiger charge is -2.11. The number of halogens is 2. The molecule has 9 heteroatoms. The van der Waals surface area contributed by atoms with Crippen LogP contribution in [0, 0.1) is 10.1 Å². The molecule has 116 valence electrons. The lowest BCUT2D eigenvalue weighted by atomic mass is 10.2. The van der Waals surface area contributed by atoms with Gasteiger partial charge in [-0.2, -0.15) is 0 Å². The van der Waals surface area contributed by atoms with Crippen molar-refractivity contribution in [2.45, 2.75) is 19.8 Å². The summed E-state index contributed by atoms with van der Waals surface area (Å²) in [5.41, 5.74) is 0.508. The van der Waals surface area contributed by atoms with Crippen molar-refractivity contribution >= 4 is 52.0 Å². The summed E-state index contributed by atoms with van der Waals surface area (Å²) in [6, 6.07) is 4.85. The molecular formula is C13H12Cl2N4O2S. The molecule has 0 aliphatic rings. The molecule has 0 aliphatic carbocycles. The number of benzene rings is 1. The average molecular weight is 359 g/mol. The van der Waals surface area contributed by atoms with E-state index >= 15 is 0 Å². The Bertz CT molecular complexity index is 746. The molecule has 0 atom stereocenters. The predicted octanol–water partition coefficient (Wildman–Crippen LogP) is 4.47. The zero-order valence-corrected chi connectivity index (χ0v) is 14.0. The van der Waals surface area contributed by atoms with Gasteiger partial charge in [0.2, 0.25) is 5.82 Å². The highest BCUT2D eigenvalue weighted by molar-refractivity contribution is 7.80. The minimum absolute atomic E-state index is 0.0332. The molecule has 0 saturated carbocycles. The Labute approximate surface area is 142 Å². The molecule has 2 aromatic rings. The fourth-order valence-electron chi connectivity index (χ4n) is 1.86. The van der Waals surface area contributed by atoms with Gasteiger partial charge in [-0.05, 0) is 35.3 Å². The molecular weight excluding hydrogens is 347 g/mol. The molecule has 1 N–H and O–H groups in total. The van der Waals surface area contributed by atoms with E-state index in [1.54, 1.807) is 18.2 Å². The van der Waals surface area contributed by atoms with Gasteiger partial charge in [0.05, 0.1) is 10.7 Å². The van der Waals surface area contributed by atoms with Crippen molar-refractivity contribution in [3.8, 4) is 0 Å². The highest BCUT2D eigenvalue weighted by Gasteiger charge is 2.26. The third-order valence-electron chi connectivity index (χ3n) is 2.85. The summed E-state index contributed by atoms with van der Waals surface area (Å²) in [5, 5.41) is 15.0. The van der Waals surface area contributed by atoms with Crippen LogP contribution in [0.3, 0.4) is 0 Å². The van der Waals surface area contributed by atoms with Crippen molar-refractivity contribution < 1.29 is 4.92 Å². The van der Waals surface area contributed by atoms with Gasteiger partial charge in [0.1, 0.15) is 6.20 Å². The minimum Gasteiger partial charge on any atom is -0.358 e. The Morgan fingerprint density at radius 3 is 2.68 bits per heavy atom. The van der Waals surface area contributed by atoms with Crippen molar-refractivity contribution in [1.29, 1.82) is 0 Å². The van der Waals surface area contributed by atoms with Gasteiger partial charge in [0, 0.05) is 10.9 Å². The lowest BCUT2D eigenvalue weighted by Crippen LogP contribution is -2.23. The van der Waals surface area contributed by atoms with Crippen LogP contribution in [0.5, 0.6) is 0 Å². The molecule has 6 nitrogen and oxygen atoms in total. The van der Waals surface area contributed by atoms with Crippen molar-refractivity contribution in [2.24, 2.45) is 0 Å². The zero-order chi connectivity index (χ0) is 16.4. The first-order valence-electron chi connectivity index (χ1n) is 6.29. The summed E-state index contributed by atoms with van der Waals surface area (Å²) < 4.78 is 1.30. The minimum atomic E-state index is -0.531. The standard InChI is InChI=1S/C13H12Cl2N4O2S/c1-7(2)12-16-6-11(19(20)21)18(12)13(22)17-10-4-3-8(14)5-9(10)15/h3-7H,1-2H3,(H,17,22). The SMILES string of the molecule is CC(C)c1ncc([N+](=O)[O-])n1C(=S)Nc1ccc(Cl)cc1Cl. The maximum Gasteiger partial charge on any atom is 0.349 e. The Morgan fingerprint density at radius 1 is 1.45 bits per heavy atom. The molecule has 0 aliphatic heterocycles. The summed E-state index contributed by atoms with van der Waals surface area (Å²) >= 11 is 17.2. The first-order chi connectivity index (χ1) is 10.3.